The van der Waals surface area contributed by atoms with Crippen molar-refractivity contribution in [1.29, 1.82) is 0 Å². The quantitative estimate of drug-likeness (QED) is 0.754. The van der Waals surface area contributed by atoms with Crippen molar-refractivity contribution in [3.8, 4) is 0 Å². The lowest BCUT2D eigenvalue weighted by atomic mass is 10.2. The average Bonchev–Trinajstić information content (AvgIpc) is 2.85. The van der Waals surface area contributed by atoms with Gasteiger partial charge in [0.05, 0.1) is 4.88 Å². The summed E-state index contributed by atoms with van der Waals surface area (Å²) < 4.78 is 0. The lowest BCUT2D eigenvalue weighted by molar-refractivity contribution is 0.0739. The van der Waals surface area contributed by atoms with Crippen LogP contribution in [0.2, 0.25) is 0 Å². The highest BCUT2D eigenvalue weighted by Crippen LogP contribution is 2.25. The molecule has 0 spiro atoms. The Labute approximate surface area is 94.9 Å². The molecule has 1 amide bonds. The summed E-state index contributed by atoms with van der Waals surface area (Å²) >= 11 is 1.55. The zero-order valence-electron chi connectivity index (χ0n) is 9.32. The smallest absolute Gasteiger partial charge is 0.264 e. The van der Waals surface area contributed by atoms with E-state index in [4.69, 9.17) is 0 Å². The van der Waals surface area contributed by atoms with E-state index in [-0.39, 0.29) is 5.91 Å². The minimum atomic E-state index is 0.203. The Morgan fingerprint density at radius 3 is 2.67 bits per heavy atom. The Bertz CT molecular complexity index is 352. The second kappa shape index (κ2) is 4.35. The standard InChI is InChI=1S/C12H17NOS/c1-9-7-8-15-11(9)12(14)13(2)10-5-3-4-6-10/h7-8,10H,3-6H2,1-2H3. The Balaban J connectivity index is 2.10. The van der Waals surface area contributed by atoms with Crippen LogP contribution in [-0.4, -0.2) is 23.9 Å². The van der Waals surface area contributed by atoms with Gasteiger partial charge in [0.1, 0.15) is 0 Å². The first-order chi connectivity index (χ1) is 7.20. The molecule has 0 bridgehead atoms. The predicted octanol–water partition coefficient (Wildman–Crippen LogP) is 3.07. The second-order valence-electron chi connectivity index (χ2n) is 4.29. The van der Waals surface area contributed by atoms with Crippen molar-refractivity contribution >= 4 is 17.2 Å². The number of hydrogen-bond donors (Lipinski definition) is 0. The molecule has 1 fully saturated rings. The van der Waals surface area contributed by atoms with Crippen LogP contribution >= 0.6 is 11.3 Å². The Hall–Kier alpha value is -0.830. The van der Waals surface area contributed by atoms with E-state index in [1.165, 1.54) is 25.7 Å². The Kier molecular flexibility index (Phi) is 3.10. The molecule has 2 rings (SSSR count). The van der Waals surface area contributed by atoms with E-state index in [9.17, 15) is 4.79 Å². The molecule has 0 unspecified atom stereocenters. The summed E-state index contributed by atoms with van der Waals surface area (Å²) in [7, 11) is 1.94. The maximum Gasteiger partial charge on any atom is 0.264 e. The number of carbonyl (C=O) groups is 1. The fraction of sp³-hybridized carbons (Fsp3) is 0.583. The molecule has 82 valence electrons. The third-order valence-corrected chi connectivity index (χ3v) is 4.25. The van der Waals surface area contributed by atoms with Crippen molar-refractivity contribution in [3.63, 3.8) is 0 Å². The van der Waals surface area contributed by atoms with Gasteiger partial charge in [0.2, 0.25) is 0 Å². The number of nitrogens with zero attached hydrogens (tertiary/aromatic N) is 1. The summed E-state index contributed by atoms with van der Waals surface area (Å²) in [6.45, 7) is 2.01. The van der Waals surface area contributed by atoms with Gasteiger partial charge in [0.15, 0.2) is 0 Å². The Morgan fingerprint density at radius 1 is 1.47 bits per heavy atom. The summed E-state index contributed by atoms with van der Waals surface area (Å²) in [5.41, 5.74) is 1.11. The van der Waals surface area contributed by atoms with Crippen LogP contribution in [0.3, 0.4) is 0 Å². The van der Waals surface area contributed by atoms with Gasteiger partial charge in [0.25, 0.3) is 5.91 Å². The van der Waals surface area contributed by atoms with Crippen molar-refractivity contribution in [1.82, 2.24) is 4.90 Å². The number of thiophene rings is 1. The molecule has 2 nitrogen and oxygen atoms in total. The summed E-state index contributed by atoms with van der Waals surface area (Å²) in [4.78, 5) is 15.0. The first-order valence-corrected chi connectivity index (χ1v) is 6.39. The van der Waals surface area contributed by atoms with Crippen LogP contribution in [0.15, 0.2) is 11.4 Å². The predicted molar refractivity (Wildman–Crippen MR) is 63.4 cm³/mol. The van der Waals surface area contributed by atoms with E-state index in [1.807, 2.05) is 30.3 Å². The van der Waals surface area contributed by atoms with Crippen LogP contribution in [0, 0.1) is 6.92 Å². The van der Waals surface area contributed by atoms with Crippen molar-refractivity contribution in [2.24, 2.45) is 0 Å². The van der Waals surface area contributed by atoms with Gasteiger partial charge in [-0.3, -0.25) is 4.79 Å². The van der Waals surface area contributed by atoms with Gasteiger partial charge in [-0.05, 0) is 36.8 Å². The zero-order valence-corrected chi connectivity index (χ0v) is 10.1. The number of aryl methyl sites for hydroxylation is 1. The molecule has 0 saturated heterocycles. The maximum atomic E-state index is 12.1. The number of rotatable bonds is 2. The van der Waals surface area contributed by atoms with Crippen LogP contribution in [0.25, 0.3) is 0 Å². The summed E-state index contributed by atoms with van der Waals surface area (Å²) in [5.74, 6) is 0.203. The van der Waals surface area contributed by atoms with Crippen LogP contribution in [0.4, 0.5) is 0 Å². The van der Waals surface area contributed by atoms with Gasteiger partial charge in [-0.2, -0.15) is 0 Å². The highest BCUT2D eigenvalue weighted by Gasteiger charge is 2.25. The second-order valence-corrected chi connectivity index (χ2v) is 5.20. The van der Waals surface area contributed by atoms with Crippen LogP contribution < -0.4 is 0 Å². The molecule has 1 heterocycles. The maximum absolute atomic E-state index is 12.1. The molecule has 1 aliphatic rings. The van der Waals surface area contributed by atoms with E-state index >= 15 is 0 Å². The van der Waals surface area contributed by atoms with Crippen LogP contribution in [0.1, 0.15) is 40.9 Å². The zero-order chi connectivity index (χ0) is 10.8. The molecular weight excluding hydrogens is 206 g/mol. The molecule has 1 aromatic heterocycles. The molecule has 1 aliphatic carbocycles. The third-order valence-electron chi connectivity index (χ3n) is 3.25. The molecular formula is C12H17NOS. The van der Waals surface area contributed by atoms with Crippen molar-refractivity contribution in [2.45, 2.75) is 38.6 Å². The Morgan fingerprint density at radius 2 is 2.13 bits per heavy atom. The molecule has 1 aromatic rings. The number of hydrogen-bond acceptors (Lipinski definition) is 2. The van der Waals surface area contributed by atoms with Gasteiger partial charge >= 0.3 is 0 Å². The van der Waals surface area contributed by atoms with Gasteiger partial charge < -0.3 is 4.90 Å². The van der Waals surface area contributed by atoms with Gasteiger partial charge in [0, 0.05) is 13.1 Å². The number of carbonyl (C=O) groups excluding carboxylic acids is 1. The van der Waals surface area contributed by atoms with E-state index in [0.29, 0.717) is 6.04 Å². The van der Waals surface area contributed by atoms with Crippen molar-refractivity contribution < 1.29 is 4.79 Å². The van der Waals surface area contributed by atoms with Crippen molar-refractivity contribution in [3.05, 3.63) is 21.9 Å². The molecule has 0 N–H and O–H groups in total. The SMILES string of the molecule is Cc1ccsc1C(=O)N(C)C1CCCC1. The number of amides is 1. The van der Waals surface area contributed by atoms with Crippen LogP contribution in [-0.2, 0) is 0 Å². The van der Waals surface area contributed by atoms with Crippen molar-refractivity contribution in [2.75, 3.05) is 7.05 Å². The fourth-order valence-corrected chi connectivity index (χ4v) is 3.12. The molecule has 0 aliphatic heterocycles. The molecule has 0 radical (unpaired) electrons. The van der Waals surface area contributed by atoms with Gasteiger partial charge in [-0.25, -0.2) is 0 Å². The first-order valence-electron chi connectivity index (χ1n) is 5.51. The molecule has 0 atom stereocenters. The minimum absolute atomic E-state index is 0.203. The third kappa shape index (κ3) is 2.07. The largest absolute Gasteiger partial charge is 0.338 e. The monoisotopic (exact) mass is 223 g/mol. The highest BCUT2D eigenvalue weighted by molar-refractivity contribution is 7.12. The van der Waals surface area contributed by atoms with Crippen LogP contribution in [0.5, 0.6) is 0 Å². The lowest BCUT2D eigenvalue weighted by Gasteiger charge is -2.24. The molecule has 3 heteroatoms. The molecule has 1 saturated carbocycles. The normalized spacial score (nSPS) is 16.9. The minimum Gasteiger partial charge on any atom is -0.338 e. The van der Waals surface area contributed by atoms with E-state index in [0.717, 1.165) is 10.4 Å². The first kappa shape index (κ1) is 10.7. The molecule has 15 heavy (non-hydrogen) atoms. The van der Waals surface area contributed by atoms with E-state index in [1.54, 1.807) is 11.3 Å². The summed E-state index contributed by atoms with van der Waals surface area (Å²) in [6.07, 6.45) is 4.89. The lowest BCUT2D eigenvalue weighted by Crippen LogP contribution is -2.34. The topological polar surface area (TPSA) is 20.3 Å². The van der Waals surface area contributed by atoms with E-state index < -0.39 is 0 Å². The van der Waals surface area contributed by atoms with E-state index in [2.05, 4.69) is 0 Å². The fourth-order valence-electron chi connectivity index (χ4n) is 2.21. The molecule has 0 aromatic carbocycles. The van der Waals surface area contributed by atoms with Gasteiger partial charge in [-0.1, -0.05) is 12.8 Å². The summed E-state index contributed by atoms with van der Waals surface area (Å²) in [6, 6.07) is 2.49. The average molecular weight is 223 g/mol. The summed E-state index contributed by atoms with van der Waals surface area (Å²) in [5, 5.41) is 1.99. The highest BCUT2D eigenvalue weighted by atomic mass is 32.1. The van der Waals surface area contributed by atoms with Gasteiger partial charge in [-0.15, -0.1) is 11.3 Å².